The molecule has 0 nitrogen and oxygen atoms in total. The van der Waals surface area contributed by atoms with Crippen molar-refractivity contribution in [1.82, 2.24) is 0 Å². The molecule has 0 radical (unpaired) electrons. The Morgan fingerprint density at radius 3 is 2.64 bits per heavy atom. The van der Waals surface area contributed by atoms with Crippen LogP contribution in [0.4, 0.5) is 0 Å². The molecule has 0 amide bonds. The van der Waals surface area contributed by atoms with Crippen LogP contribution in [0, 0.1) is 6.92 Å². The van der Waals surface area contributed by atoms with Crippen molar-refractivity contribution in [3.63, 3.8) is 0 Å². The molecule has 0 fully saturated rings. The normalized spacial score (nSPS) is 9.55. The maximum absolute atomic E-state index is 2.20. The Morgan fingerprint density at radius 2 is 1.91 bits per heavy atom. The van der Waals surface area contributed by atoms with Gasteiger partial charge in [-0.1, -0.05) is 18.2 Å². The fourth-order valence-electron chi connectivity index (χ4n) is 1.11. The van der Waals surface area contributed by atoms with Gasteiger partial charge < -0.3 is 0 Å². The van der Waals surface area contributed by atoms with E-state index in [2.05, 4.69) is 36.6 Å². The number of hydrogen-bond acceptors (Lipinski definition) is 1. The van der Waals surface area contributed by atoms with Crippen molar-refractivity contribution in [2.75, 3.05) is 0 Å². The van der Waals surface area contributed by atoms with Crippen LogP contribution < -0.4 is 0 Å². The molecule has 0 saturated heterocycles. The molecule has 1 aromatic carbocycles. The summed E-state index contributed by atoms with van der Waals surface area (Å²) >= 11 is 1.81. The Kier molecular flexibility index (Phi) is 2.80. The molecule has 1 heterocycles. The van der Waals surface area contributed by atoms with Gasteiger partial charge in [-0.15, -0.1) is 11.3 Å². The van der Waals surface area contributed by atoms with Crippen LogP contribution in [0.5, 0.6) is 0 Å². The average Bonchev–Trinajstić information content (AvgIpc) is 2.34. The van der Waals surface area contributed by atoms with Gasteiger partial charge in [0.2, 0.25) is 0 Å². The first-order chi connectivity index (χ1) is 4.88. The predicted octanol–water partition coefficient (Wildman–Crippen LogP) is 3.21. The topological polar surface area (TPSA) is 0 Å². The molecule has 0 aliphatic rings. The smallest absolute Gasteiger partial charge is 0.0345 e. The largest absolute Gasteiger partial charge is 0.144 e. The van der Waals surface area contributed by atoms with Crippen molar-refractivity contribution in [3.8, 4) is 0 Å². The van der Waals surface area contributed by atoms with Gasteiger partial charge in [0.1, 0.15) is 0 Å². The second-order valence-electron chi connectivity index (χ2n) is 2.41. The van der Waals surface area contributed by atoms with Crippen molar-refractivity contribution >= 4 is 21.4 Å². The Hall–Kier alpha value is -0.197. The van der Waals surface area contributed by atoms with E-state index in [1.807, 2.05) is 11.3 Å². The summed E-state index contributed by atoms with van der Waals surface area (Å²) in [6.07, 6.45) is 0. The fourth-order valence-corrected chi connectivity index (χ4v) is 2.05. The summed E-state index contributed by atoms with van der Waals surface area (Å²) in [7, 11) is 0. The summed E-state index contributed by atoms with van der Waals surface area (Å²) in [4.78, 5) is 0. The first-order valence-corrected chi connectivity index (χ1v) is 4.19. The van der Waals surface area contributed by atoms with E-state index >= 15 is 0 Å². The van der Waals surface area contributed by atoms with Gasteiger partial charge >= 0.3 is 0 Å². The molecule has 2 heteroatoms. The number of thiophene rings is 1. The van der Waals surface area contributed by atoms with Crippen molar-refractivity contribution < 1.29 is 19.5 Å². The minimum atomic E-state index is 0. The quantitative estimate of drug-likeness (QED) is 0.590. The van der Waals surface area contributed by atoms with E-state index in [4.69, 9.17) is 0 Å². The summed E-state index contributed by atoms with van der Waals surface area (Å²) in [5.41, 5.74) is 1.39. The van der Waals surface area contributed by atoms with Gasteiger partial charge in [0, 0.05) is 24.2 Å². The van der Waals surface area contributed by atoms with Crippen LogP contribution in [0.25, 0.3) is 10.1 Å². The van der Waals surface area contributed by atoms with Crippen LogP contribution in [0.2, 0.25) is 0 Å². The average molecular weight is 214 g/mol. The Balaban J connectivity index is 0.000000605. The molecule has 0 bridgehead atoms. The first kappa shape index (κ1) is 8.90. The third-order valence-electron chi connectivity index (χ3n) is 1.67. The number of benzene rings is 1. The van der Waals surface area contributed by atoms with Crippen LogP contribution in [-0.4, -0.2) is 0 Å². The van der Waals surface area contributed by atoms with E-state index in [0.29, 0.717) is 0 Å². The zero-order valence-corrected chi connectivity index (χ0v) is 10.3. The van der Waals surface area contributed by atoms with E-state index in [9.17, 15) is 0 Å². The summed E-state index contributed by atoms with van der Waals surface area (Å²) in [5, 5.41) is 3.59. The molecule has 52 valence electrons. The van der Waals surface area contributed by atoms with Gasteiger partial charge in [-0.2, -0.15) is 0 Å². The maximum Gasteiger partial charge on any atom is 0.0345 e. The molecule has 0 saturated carbocycles. The molecule has 0 spiro atoms. The Morgan fingerprint density at radius 1 is 1.18 bits per heavy atom. The van der Waals surface area contributed by atoms with Gasteiger partial charge in [0.15, 0.2) is 0 Å². The molecular formula is C9H8SZn. The molecular weight excluding hydrogens is 206 g/mol. The van der Waals surface area contributed by atoms with Crippen molar-refractivity contribution in [1.29, 1.82) is 0 Å². The first-order valence-electron chi connectivity index (χ1n) is 3.31. The number of aryl methyl sites for hydroxylation is 1. The summed E-state index contributed by atoms with van der Waals surface area (Å²) in [5.74, 6) is 0. The van der Waals surface area contributed by atoms with E-state index in [1.54, 1.807) is 0 Å². The standard InChI is InChI=1S/C9H8S.Zn/c1-7-6-10-9-5-3-2-4-8(7)9;/h2-6H,1H3;. The van der Waals surface area contributed by atoms with Gasteiger partial charge in [-0.05, 0) is 29.3 Å². The van der Waals surface area contributed by atoms with E-state index in [-0.39, 0.29) is 19.5 Å². The van der Waals surface area contributed by atoms with Crippen molar-refractivity contribution in [2.45, 2.75) is 6.92 Å². The van der Waals surface area contributed by atoms with Crippen LogP contribution in [0.3, 0.4) is 0 Å². The molecule has 2 aromatic rings. The van der Waals surface area contributed by atoms with E-state index in [0.717, 1.165) is 0 Å². The zero-order chi connectivity index (χ0) is 6.97. The van der Waals surface area contributed by atoms with Gasteiger partial charge in [0.25, 0.3) is 0 Å². The summed E-state index contributed by atoms with van der Waals surface area (Å²) < 4.78 is 1.39. The van der Waals surface area contributed by atoms with E-state index < -0.39 is 0 Å². The number of rotatable bonds is 0. The molecule has 1 aromatic heterocycles. The molecule has 0 atom stereocenters. The number of hydrogen-bond donors (Lipinski definition) is 0. The van der Waals surface area contributed by atoms with Crippen LogP contribution in [-0.2, 0) is 19.5 Å². The monoisotopic (exact) mass is 212 g/mol. The SMILES string of the molecule is Cc1csc2ccccc12.[Zn]. The van der Waals surface area contributed by atoms with Crippen LogP contribution >= 0.6 is 11.3 Å². The molecule has 0 N–H and O–H groups in total. The second-order valence-corrected chi connectivity index (χ2v) is 3.33. The minimum absolute atomic E-state index is 0. The maximum atomic E-state index is 2.20. The summed E-state index contributed by atoms with van der Waals surface area (Å²) in [6, 6.07) is 8.49. The zero-order valence-electron chi connectivity index (χ0n) is 6.50. The van der Waals surface area contributed by atoms with Crippen LogP contribution in [0.1, 0.15) is 5.56 Å². The molecule has 0 aliphatic heterocycles. The fraction of sp³-hybridized carbons (Fsp3) is 0.111. The van der Waals surface area contributed by atoms with Gasteiger partial charge in [0.05, 0.1) is 0 Å². The molecule has 2 rings (SSSR count). The predicted molar refractivity (Wildman–Crippen MR) is 46.6 cm³/mol. The third-order valence-corrected chi connectivity index (χ3v) is 2.76. The van der Waals surface area contributed by atoms with Gasteiger partial charge in [-0.25, -0.2) is 0 Å². The van der Waals surface area contributed by atoms with E-state index in [1.165, 1.54) is 15.6 Å². The molecule has 11 heavy (non-hydrogen) atoms. The van der Waals surface area contributed by atoms with Crippen molar-refractivity contribution in [3.05, 3.63) is 35.2 Å². The number of fused-ring (bicyclic) bond motifs is 1. The third kappa shape index (κ3) is 1.52. The minimum Gasteiger partial charge on any atom is -0.144 e. The summed E-state index contributed by atoms with van der Waals surface area (Å²) in [6.45, 7) is 2.15. The Labute approximate surface area is 83.0 Å². The van der Waals surface area contributed by atoms with Gasteiger partial charge in [-0.3, -0.25) is 0 Å². The second kappa shape index (κ2) is 3.47. The van der Waals surface area contributed by atoms with Crippen LogP contribution in [0.15, 0.2) is 29.6 Å². The van der Waals surface area contributed by atoms with Crippen molar-refractivity contribution in [2.24, 2.45) is 0 Å². The molecule has 0 unspecified atom stereocenters. The Bertz CT molecular complexity index is 351. The molecule has 0 aliphatic carbocycles.